The van der Waals surface area contributed by atoms with E-state index in [-0.39, 0.29) is 59.0 Å². The van der Waals surface area contributed by atoms with Crippen molar-refractivity contribution in [1.29, 1.82) is 0 Å². The molecule has 6 heteroatoms. The van der Waals surface area contributed by atoms with Crippen LogP contribution in [0.15, 0.2) is 60.7 Å². The van der Waals surface area contributed by atoms with Gasteiger partial charge >= 0.3 is 11.9 Å². The molecule has 49 heavy (non-hydrogen) atoms. The molecule has 2 aromatic carbocycles. The van der Waals surface area contributed by atoms with Crippen molar-refractivity contribution in [2.75, 3.05) is 14.1 Å². The van der Waals surface area contributed by atoms with Gasteiger partial charge in [0.05, 0.1) is 0 Å². The highest BCUT2D eigenvalue weighted by Crippen LogP contribution is 2.55. The lowest BCUT2D eigenvalue weighted by atomic mass is 9.54. The SMILES string of the molecule is CCC1(C)CC(OC(=O)C(Cc2ccccc2)(C(=O)OCc2ccccc2)C2CC(C)(CC)N(C)C(C)(CC)C2C)C(C)C(C)(CC)N1C. The summed E-state index contributed by atoms with van der Waals surface area (Å²) in [7, 11) is 4.45. The van der Waals surface area contributed by atoms with Gasteiger partial charge in [0.2, 0.25) is 0 Å². The van der Waals surface area contributed by atoms with Gasteiger partial charge < -0.3 is 9.47 Å². The molecular weight excluding hydrogens is 608 g/mol. The van der Waals surface area contributed by atoms with Gasteiger partial charge in [0.1, 0.15) is 12.7 Å². The Bertz CT molecular complexity index is 1420. The second kappa shape index (κ2) is 14.9. The molecule has 0 N–H and O–H groups in total. The third kappa shape index (κ3) is 6.86. The molecule has 6 nitrogen and oxygen atoms in total. The molecule has 9 atom stereocenters. The highest BCUT2D eigenvalue weighted by atomic mass is 16.6. The van der Waals surface area contributed by atoms with Crippen LogP contribution >= 0.6 is 0 Å². The normalized spacial score (nSPS) is 35.3. The first-order chi connectivity index (χ1) is 23.0. The zero-order valence-corrected chi connectivity index (χ0v) is 32.8. The second-order valence-electron chi connectivity index (χ2n) is 16.5. The molecule has 2 fully saturated rings. The maximum Gasteiger partial charge on any atom is 0.324 e. The molecule has 2 aromatic rings. The molecule has 2 heterocycles. The van der Waals surface area contributed by atoms with Crippen LogP contribution in [0, 0.1) is 23.2 Å². The van der Waals surface area contributed by atoms with Crippen LogP contribution in [0.25, 0.3) is 0 Å². The van der Waals surface area contributed by atoms with Crippen molar-refractivity contribution in [3.8, 4) is 0 Å². The van der Waals surface area contributed by atoms with E-state index in [9.17, 15) is 0 Å². The fourth-order valence-electron chi connectivity index (χ4n) is 9.51. The topological polar surface area (TPSA) is 59.1 Å². The Morgan fingerprint density at radius 3 is 1.65 bits per heavy atom. The standard InChI is InChI=1S/C43H66N2O4/c1-13-39(7)28-35(31(5)41(9,15-3)44(39)11)43(27-33-23-19-17-20-24-33,37(46)48-30-34-25-21-18-22-26-34)38(47)49-36-29-40(8,14-2)45(12)42(10,16-4)32(36)6/h17-26,31-32,35-36H,13-16,27-30H2,1-12H3. The van der Waals surface area contributed by atoms with Crippen LogP contribution in [-0.4, -0.2) is 64.1 Å². The Balaban J connectivity index is 1.92. The third-order valence-electron chi connectivity index (χ3n) is 14.7. The first-order valence-electron chi connectivity index (χ1n) is 19.0. The lowest BCUT2D eigenvalue weighted by molar-refractivity contribution is -0.204. The summed E-state index contributed by atoms with van der Waals surface area (Å²) in [6.45, 7) is 22.7. The minimum atomic E-state index is -1.54. The average Bonchev–Trinajstić information content (AvgIpc) is 3.12. The average molecular weight is 675 g/mol. The van der Waals surface area contributed by atoms with Crippen molar-refractivity contribution in [1.82, 2.24) is 9.80 Å². The van der Waals surface area contributed by atoms with Crippen LogP contribution in [0.1, 0.15) is 119 Å². The monoisotopic (exact) mass is 675 g/mol. The van der Waals surface area contributed by atoms with Gasteiger partial charge in [-0.1, -0.05) is 102 Å². The summed E-state index contributed by atoms with van der Waals surface area (Å²) >= 11 is 0. The van der Waals surface area contributed by atoms with E-state index in [0.29, 0.717) is 12.8 Å². The molecule has 0 bridgehead atoms. The molecule has 2 aliphatic rings. The largest absolute Gasteiger partial charge is 0.461 e. The molecule has 9 unspecified atom stereocenters. The molecule has 0 spiro atoms. The first-order valence-corrected chi connectivity index (χ1v) is 19.0. The minimum absolute atomic E-state index is 0.000564. The number of carbonyl (C=O) groups excluding carboxylic acids is 2. The number of nitrogens with zero attached hydrogens (tertiary/aromatic N) is 2. The van der Waals surface area contributed by atoms with E-state index >= 15 is 9.59 Å². The second-order valence-corrected chi connectivity index (χ2v) is 16.5. The van der Waals surface area contributed by atoms with E-state index in [1.807, 2.05) is 60.7 Å². The highest BCUT2D eigenvalue weighted by Gasteiger charge is 2.64. The van der Waals surface area contributed by atoms with Gasteiger partial charge in [0.25, 0.3) is 0 Å². The predicted octanol–water partition coefficient (Wildman–Crippen LogP) is 9.10. The number of esters is 2. The number of hydrogen-bond acceptors (Lipinski definition) is 6. The Morgan fingerprint density at radius 2 is 1.16 bits per heavy atom. The number of piperidine rings is 2. The fraction of sp³-hybridized carbons (Fsp3) is 0.674. The summed E-state index contributed by atoms with van der Waals surface area (Å²) in [6, 6.07) is 19.8. The van der Waals surface area contributed by atoms with Crippen molar-refractivity contribution in [2.24, 2.45) is 23.2 Å². The fourth-order valence-corrected chi connectivity index (χ4v) is 9.51. The maximum atomic E-state index is 15.6. The number of likely N-dealkylation sites (tertiary alicyclic amines) is 2. The lowest BCUT2D eigenvalue weighted by Gasteiger charge is -2.62. The Hall–Kier alpha value is -2.70. The molecule has 0 amide bonds. The van der Waals surface area contributed by atoms with Gasteiger partial charge in [0.15, 0.2) is 5.41 Å². The van der Waals surface area contributed by atoms with Gasteiger partial charge in [-0.15, -0.1) is 0 Å². The number of carbonyl (C=O) groups is 2. The molecule has 0 aliphatic carbocycles. The van der Waals surface area contributed by atoms with E-state index in [1.54, 1.807) is 0 Å². The van der Waals surface area contributed by atoms with Crippen molar-refractivity contribution < 1.29 is 19.1 Å². The van der Waals surface area contributed by atoms with E-state index in [0.717, 1.165) is 36.8 Å². The minimum Gasteiger partial charge on any atom is -0.461 e. The maximum absolute atomic E-state index is 15.6. The van der Waals surface area contributed by atoms with Crippen molar-refractivity contribution in [2.45, 2.75) is 149 Å². The molecule has 0 aromatic heterocycles. The Labute approximate surface area is 298 Å². The lowest BCUT2D eigenvalue weighted by Crippen LogP contribution is -2.69. The summed E-state index contributed by atoms with van der Waals surface area (Å²) in [4.78, 5) is 35.8. The summed E-state index contributed by atoms with van der Waals surface area (Å²) in [5.74, 6) is -1.14. The van der Waals surface area contributed by atoms with E-state index in [2.05, 4.69) is 93.1 Å². The van der Waals surface area contributed by atoms with Crippen LogP contribution in [0.3, 0.4) is 0 Å². The molecule has 2 saturated heterocycles. The molecule has 0 saturated carbocycles. The van der Waals surface area contributed by atoms with Crippen LogP contribution in [0.2, 0.25) is 0 Å². The Morgan fingerprint density at radius 1 is 0.694 bits per heavy atom. The van der Waals surface area contributed by atoms with Crippen molar-refractivity contribution >= 4 is 11.9 Å². The molecule has 0 radical (unpaired) electrons. The van der Waals surface area contributed by atoms with Gasteiger partial charge in [-0.05, 0) is 103 Å². The Kier molecular flexibility index (Phi) is 11.9. The van der Waals surface area contributed by atoms with Crippen molar-refractivity contribution in [3.63, 3.8) is 0 Å². The van der Waals surface area contributed by atoms with Gasteiger partial charge in [-0.2, -0.15) is 0 Å². The molecule has 272 valence electrons. The summed E-state index contributed by atoms with van der Waals surface area (Å²) in [5.41, 5.74) is -0.519. The van der Waals surface area contributed by atoms with E-state index in [4.69, 9.17) is 9.47 Å². The first kappa shape index (κ1) is 39.1. The number of hydrogen-bond donors (Lipinski definition) is 0. The van der Waals surface area contributed by atoms with Crippen LogP contribution in [0.5, 0.6) is 0 Å². The van der Waals surface area contributed by atoms with Gasteiger partial charge in [-0.25, -0.2) is 0 Å². The zero-order valence-electron chi connectivity index (χ0n) is 32.8. The number of benzene rings is 2. The smallest absolute Gasteiger partial charge is 0.324 e. The quantitative estimate of drug-likeness (QED) is 0.165. The summed E-state index contributed by atoms with van der Waals surface area (Å²) < 4.78 is 13.2. The summed E-state index contributed by atoms with van der Waals surface area (Å²) in [5, 5.41) is 0. The van der Waals surface area contributed by atoms with Gasteiger partial charge in [0, 0.05) is 34.5 Å². The highest BCUT2D eigenvalue weighted by molar-refractivity contribution is 6.01. The van der Waals surface area contributed by atoms with Crippen LogP contribution < -0.4 is 0 Å². The van der Waals surface area contributed by atoms with Crippen molar-refractivity contribution in [3.05, 3.63) is 71.8 Å². The zero-order chi connectivity index (χ0) is 36.4. The summed E-state index contributed by atoms with van der Waals surface area (Å²) in [6.07, 6.45) is 4.94. The predicted molar refractivity (Wildman–Crippen MR) is 200 cm³/mol. The molecule has 4 rings (SSSR count). The van der Waals surface area contributed by atoms with Gasteiger partial charge in [-0.3, -0.25) is 19.4 Å². The third-order valence-corrected chi connectivity index (χ3v) is 14.7. The van der Waals surface area contributed by atoms with E-state index in [1.165, 1.54) is 0 Å². The van der Waals surface area contributed by atoms with Crippen LogP contribution in [0.4, 0.5) is 0 Å². The van der Waals surface area contributed by atoms with Crippen LogP contribution in [-0.2, 0) is 32.1 Å². The molecular formula is C43H66N2O4. The van der Waals surface area contributed by atoms with E-state index < -0.39 is 17.4 Å². The molecule has 2 aliphatic heterocycles. The number of ether oxygens (including phenoxy) is 2. The number of rotatable bonds is 12.